The molecule has 2 aliphatic rings. The second-order valence-corrected chi connectivity index (χ2v) is 7.53. The Morgan fingerprint density at radius 2 is 2.38 bits per heavy atom. The Bertz CT molecular complexity index is 677. The molecule has 0 spiro atoms. The lowest BCUT2D eigenvalue weighted by Crippen LogP contribution is -2.41. The van der Waals surface area contributed by atoms with E-state index in [-0.39, 0.29) is 18.1 Å². The maximum absolute atomic E-state index is 12.4. The molecule has 126 valence electrons. The number of rotatable bonds is 4. The first-order valence-corrected chi connectivity index (χ1v) is 9.27. The summed E-state index contributed by atoms with van der Waals surface area (Å²) in [4.78, 5) is 20.3. The Kier molecular flexibility index (Phi) is 4.60. The van der Waals surface area contributed by atoms with Gasteiger partial charge in [-0.3, -0.25) is 14.7 Å². The lowest BCUT2D eigenvalue weighted by atomic mass is 9.91. The third-order valence-corrected chi connectivity index (χ3v) is 5.68. The van der Waals surface area contributed by atoms with Gasteiger partial charge in [-0.25, -0.2) is 0 Å². The fourth-order valence-electron chi connectivity index (χ4n) is 3.59. The minimum Gasteiger partial charge on any atom is -0.364 e. The van der Waals surface area contributed by atoms with Crippen LogP contribution in [0.5, 0.6) is 0 Å². The molecule has 0 aliphatic carbocycles. The van der Waals surface area contributed by atoms with E-state index < -0.39 is 0 Å². The third kappa shape index (κ3) is 3.50. The number of hydrogen-bond donors (Lipinski definition) is 1. The standard InChI is InChI=1S/C18H21N3O2S/c22-18(20-14-3-1-6-19-10-14)16-9-13-5-7-21(12-17(13)23-16)11-15-4-2-8-24-15/h1-4,6,8,10,13,16-17H,5,7,9,11-12H2,(H,20,22)/t13-,16+,17+/m0/s1. The number of hydrogen-bond acceptors (Lipinski definition) is 5. The van der Waals surface area contributed by atoms with E-state index in [2.05, 4.69) is 32.7 Å². The Balaban J connectivity index is 1.33. The summed E-state index contributed by atoms with van der Waals surface area (Å²) in [6, 6.07) is 7.93. The summed E-state index contributed by atoms with van der Waals surface area (Å²) in [5, 5.41) is 5.02. The molecule has 4 heterocycles. The largest absolute Gasteiger partial charge is 0.364 e. The fraction of sp³-hybridized carbons (Fsp3) is 0.444. The van der Waals surface area contributed by atoms with Gasteiger partial charge in [0.05, 0.1) is 18.0 Å². The number of piperidine rings is 1. The Morgan fingerprint density at radius 1 is 1.42 bits per heavy atom. The summed E-state index contributed by atoms with van der Waals surface area (Å²) in [5.74, 6) is 0.441. The predicted molar refractivity (Wildman–Crippen MR) is 93.8 cm³/mol. The number of carbonyl (C=O) groups excluding carboxylic acids is 1. The summed E-state index contributed by atoms with van der Waals surface area (Å²) >= 11 is 1.80. The molecule has 0 radical (unpaired) electrons. The minimum absolute atomic E-state index is 0.0535. The Morgan fingerprint density at radius 3 is 3.17 bits per heavy atom. The molecular formula is C18H21N3O2S. The zero-order chi connectivity index (χ0) is 16.4. The van der Waals surface area contributed by atoms with E-state index in [4.69, 9.17) is 4.74 Å². The van der Waals surface area contributed by atoms with Crippen molar-refractivity contribution in [2.24, 2.45) is 5.92 Å². The van der Waals surface area contributed by atoms with Crippen LogP contribution in [-0.2, 0) is 16.1 Å². The molecule has 5 nitrogen and oxygen atoms in total. The number of nitrogens with zero attached hydrogens (tertiary/aromatic N) is 2. The minimum atomic E-state index is -0.345. The van der Waals surface area contributed by atoms with Gasteiger partial charge in [0.25, 0.3) is 5.91 Å². The van der Waals surface area contributed by atoms with Crippen molar-refractivity contribution in [3.05, 3.63) is 46.9 Å². The van der Waals surface area contributed by atoms with Gasteiger partial charge in [-0.05, 0) is 48.9 Å². The van der Waals surface area contributed by atoms with Gasteiger partial charge >= 0.3 is 0 Å². The molecule has 4 rings (SSSR count). The SMILES string of the molecule is O=C(Nc1cccnc1)[C@H]1C[C@@H]2CCN(Cc3cccs3)C[C@H]2O1. The molecule has 6 heteroatoms. The van der Waals surface area contributed by atoms with Crippen molar-refractivity contribution in [2.75, 3.05) is 18.4 Å². The summed E-state index contributed by atoms with van der Waals surface area (Å²) in [5.41, 5.74) is 0.722. The summed E-state index contributed by atoms with van der Waals surface area (Å²) in [7, 11) is 0. The number of amides is 1. The van der Waals surface area contributed by atoms with Crippen LogP contribution < -0.4 is 5.32 Å². The highest BCUT2D eigenvalue weighted by atomic mass is 32.1. The van der Waals surface area contributed by atoms with E-state index in [1.807, 2.05) is 12.1 Å². The number of likely N-dealkylation sites (tertiary alicyclic amines) is 1. The zero-order valence-electron chi connectivity index (χ0n) is 13.4. The van der Waals surface area contributed by atoms with Gasteiger partial charge in [-0.15, -0.1) is 11.3 Å². The normalized spacial score (nSPS) is 26.9. The van der Waals surface area contributed by atoms with Gasteiger partial charge in [0.2, 0.25) is 0 Å². The lowest BCUT2D eigenvalue weighted by molar-refractivity contribution is -0.127. The molecule has 2 fully saturated rings. The van der Waals surface area contributed by atoms with Crippen molar-refractivity contribution in [1.82, 2.24) is 9.88 Å². The first-order valence-electron chi connectivity index (χ1n) is 8.39. The predicted octanol–water partition coefficient (Wildman–Crippen LogP) is 2.76. The van der Waals surface area contributed by atoms with Gasteiger partial charge in [0, 0.05) is 24.2 Å². The van der Waals surface area contributed by atoms with Crippen molar-refractivity contribution in [3.8, 4) is 0 Å². The van der Waals surface area contributed by atoms with Crippen molar-refractivity contribution in [3.63, 3.8) is 0 Å². The van der Waals surface area contributed by atoms with E-state index in [1.54, 1.807) is 23.7 Å². The highest BCUT2D eigenvalue weighted by molar-refractivity contribution is 7.09. The molecule has 2 aromatic heterocycles. The van der Waals surface area contributed by atoms with Crippen molar-refractivity contribution in [1.29, 1.82) is 0 Å². The van der Waals surface area contributed by atoms with Crippen LogP contribution in [0.25, 0.3) is 0 Å². The number of fused-ring (bicyclic) bond motifs is 1. The number of anilines is 1. The third-order valence-electron chi connectivity index (χ3n) is 4.82. The van der Waals surface area contributed by atoms with Gasteiger partial charge in [-0.2, -0.15) is 0 Å². The topological polar surface area (TPSA) is 54.5 Å². The van der Waals surface area contributed by atoms with E-state index in [0.29, 0.717) is 5.92 Å². The average molecular weight is 343 g/mol. The van der Waals surface area contributed by atoms with Crippen LogP contribution in [0, 0.1) is 5.92 Å². The monoisotopic (exact) mass is 343 g/mol. The van der Waals surface area contributed by atoms with Crippen molar-refractivity contribution >= 4 is 22.9 Å². The van der Waals surface area contributed by atoms with Crippen LogP contribution in [0.4, 0.5) is 5.69 Å². The molecule has 24 heavy (non-hydrogen) atoms. The summed E-state index contributed by atoms with van der Waals surface area (Å²) in [6.07, 6.45) is 5.10. The maximum atomic E-state index is 12.4. The molecule has 0 unspecified atom stereocenters. The fourth-order valence-corrected chi connectivity index (χ4v) is 4.34. The first-order chi connectivity index (χ1) is 11.8. The summed E-state index contributed by atoms with van der Waals surface area (Å²) < 4.78 is 6.08. The molecule has 2 aromatic rings. The van der Waals surface area contributed by atoms with Gasteiger partial charge in [-0.1, -0.05) is 6.07 Å². The molecule has 0 bridgehead atoms. The molecule has 1 amide bonds. The van der Waals surface area contributed by atoms with Crippen molar-refractivity contribution in [2.45, 2.75) is 31.6 Å². The smallest absolute Gasteiger partial charge is 0.253 e. The molecular weight excluding hydrogens is 322 g/mol. The number of nitrogens with one attached hydrogen (secondary N) is 1. The van der Waals surface area contributed by atoms with Crippen LogP contribution in [0.15, 0.2) is 42.0 Å². The van der Waals surface area contributed by atoms with Crippen LogP contribution in [0.3, 0.4) is 0 Å². The molecule has 0 aromatic carbocycles. The van der Waals surface area contributed by atoms with Crippen LogP contribution in [0.1, 0.15) is 17.7 Å². The van der Waals surface area contributed by atoms with Crippen LogP contribution in [0.2, 0.25) is 0 Å². The van der Waals surface area contributed by atoms with Crippen molar-refractivity contribution < 1.29 is 9.53 Å². The van der Waals surface area contributed by atoms with E-state index >= 15 is 0 Å². The molecule has 2 saturated heterocycles. The first kappa shape index (κ1) is 15.7. The molecule has 1 N–H and O–H groups in total. The lowest BCUT2D eigenvalue weighted by Gasteiger charge is -2.33. The number of aromatic nitrogens is 1. The number of ether oxygens (including phenoxy) is 1. The Labute approximate surface area is 145 Å². The number of carbonyl (C=O) groups is 1. The van der Waals surface area contributed by atoms with Crippen LogP contribution >= 0.6 is 11.3 Å². The molecule has 0 saturated carbocycles. The van der Waals surface area contributed by atoms with Gasteiger partial charge in [0.15, 0.2) is 0 Å². The maximum Gasteiger partial charge on any atom is 0.253 e. The number of thiophene rings is 1. The second kappa shape index (κ2) is 7.01. The quantitative estimate of drug-likeness (QED) is 0.927. The zero-order valence-corrected chi connectivity index (χ0v) is 14.2. The van der Waals surface area contributed by atoms with Crippen LogP contribution in [-0.4, -0.2) is 41.1 Å². The highest BCUT2D eigenvalue weighted by Gasteiger charge is 2.41. The van der Waals surface area contributed by atoms with E-state index in [1.165, 1.54) is 4.88 Å². The summed E-state index contributed by atoms with van der Waals surface area (Å²) in [6.45, 7) is 2.98. The number of pyridine rings is 1. The second-order valence-electron chi connectivity index (χ2n) is 6.49. The Hall–Kier alpha value is -1.76. The highest BCUT2D eigenvalue weighted by Crippen LogP contribution is 2.34. The van der Waals surface area contributed by atoms with Gasteiger partial charge < -0.3 is 10.1 Å². The van der Waals surface area contributed by atoms with E-state index in [0.717, 1.165) is 38.2 Å². The molecule has 2 aliphatic heterocycles. The molecule has 3 atom stereocenters. The van der Waals surface area contributed by atoms with Gasteiger partial charge in [0.1, 0.15) is 6.10 Å². The van der Waals surface area contributed by atoms with E-state index in [9.17, 15) is 4.79 Å². The average Bonchev–Trinajstić information content (AvgIpc) is 3.25.